The van der Waals surface area contributed by atoms with Crippen LogP contribution in [0.1, 0.15) is 13.8 Å². The van der Waals surface area contributed by atoms with Crippen LogP contribution in [-0.4, -0.2) is 24.2 Å². The summed E-state index contributed by atoms with van der Waals surface area (Å²) in [4.78, 5) is 12.8. The van der Waals surface area contributed by atoms with Gasteiger partial charge in [-0.15, -0.1) is 0 Å². The van der Waals surface area contributed by atoms with Crippen molar-refractivity contribution < 1.29 is 9.90 Å². The molecule has 0 spiro atoms. The lowest BCUT2D eigenvalue weighted by Gasteiger charge is -2.25. The van der Waals surface area contributed by atoms with Crippen LogP contribution >= 0.6 is 11.6 Å². The lowest BCUT2D eigenvalue weighted by molar-refractivity contribution is -0.140. The summed E-state index contributed by atoms with van der Waals surface area (Å²) in [5.74, 6) is -1.17. The molecule has 0 aromatic heterocycles. The van der Waals surface area contributed by atoms with Crippen LogP contribution in [0.4, 0.5) is 5.69 Å². The van der Waals surface area contributed by atoms with E-state index in [9.17, 15) is 4.79 Å². The fraction of sp³-hybridized carbons (Fsp3) is 0.417. The quantitative estimate of drug-likeness (QED) is 0.862. The Hall–Kier alpha value is -1.22. The lowest BCUT2D eigenvalue weighted by atomic mass is 10.1. The third-order valence-corrected chi connectivity index (χ3v) is 2.71. The van der Waals surface area contributed by atoms with Crippen molar-refractivity contribution in [1.29, 1.82) is 0 Å². The predicted octanol–water partition coefficient (Wildman–Crippen LogP) is 2.89. The van der Waals surface area contributed by atoms with E-state index in [1.165, 1.54) is 0 Å². The number of carbonyl (C=O) groups is 1. The normalized spacial score (nSPS) is 12.2. The SMILES string of the molecule is CCN(CC(C)C(=O)O)c1cccc(Cl)c1. The molecule has 0 amide bonds. The van der Waals surface area contributed by atoms with E-state index in [1.54, 1.807) is 13.0 Å². The maximum Gasteiger partial charge on any atom is 0.308 e. The second-order valence-electron chi connectivity index (χ2n) is 3.76. The van der Waals surface area contributed by atoms with Gasteiger partial charge in [-0.2, -0.15) is 0 Å². The fourth-order valence-corrected chi connectivity index (χ4v) is 1.68. The summed E-state index contributed by atoms with van der Waals surface area (Å²) in [5.41, 5.74) is 0.961. The molecule has 0 radical (unpaired) electrons. The minimum atomic E-state index is -0.777. The predicted molar refractivity (Wildman–Crippen MR) is 66.1 cm³/mol. The minimum absolute atomic E-state index is 0.390. The molecule has 0 aliphatic carbocycles. The van der Waals surface area contributed by atoms with E-state index in [2.05, 4.69) is 0 Å². The van der Waals surface area contributed by atoms with Gasteiger partial charge in [-0.3, -0.25) is 4.79 Å². The summed E-state index contributed by atoms with van der Waals surface area (Å²) in [6, 6.07) is 7.45. The van der Waals surface area contributed by atoms with Crippen molar-refractivity contribution >= 4 is 23.3 Å². The van der Waals surface area contributed by atoms with Crippen molar-refractivity contribution in [3.8, 4) is 0 Å². The summed E-state index contributed by atoms with van der Waals surface area (Å²) >= 11 is 5.90. The van der Waals surface area contributed by atoms with Crippen LogP contribution in [0.3, 0.4) is 0 Å². The third-order valence-electron chi connectivity index (χ3n) is 2.47. The molecule has 1 aromatic carbocycles. The molecule has 0 fully saturated rings. The summed E-state index contributed by atoms with van der Waals surface area (Å²) in [7, 11) is 0. The molecule has 0 saturated heterocycles. The summed E-state index contributed by atoms with van der Waals surface area (Å²) < 4.78 is 0. The topological polar surface area (TPSA) is 40.5 Å². The average Bonchev–Trinajstić information content (AvgIpc) is 2.25. The van der Waals surface area contributed by atoms with Crippen LogP contribution in [0, 0.1) is 5.92 Å². The highest BCUT2D eigenvalue weighted by Crippen LogP contribution is 2.20. The molecule has 0 saturated carbocycles. The van der Waals surface area contributed by atoms with Gasteiger partial charge in [0.2, 0.25) is 0 Å². The molecule has 0 aliphatic rings. The Morgan fingerprint density at radius 2 is 2.25 bits per heavy atom. The number of rotatable bonds is 5. The van der Waals surface area contributed by atoms with E-state index < -0.39 is 5.97 Å². The molecule has 0 heterocycles. The van der Waals surface area contributed by atoms with Gasteiger partial charge in [-0.1, -0.05) is 24.6 Å². The van der Waals surface area contributed by atoms with Gasteiger partial charge in [0, 0.05) is 23.8 Å². The molecule has 1 N–H and O–H groups in total. The zero-order valence-corrected chi connectivity index (χ0v) is 10.2. The van der Waals surface area contributed by atoms with Gasteiger partial charge < -0.3 is 10.0 Å². The first kappa shape index (κ1) is 12.8. The van der Waals surface area contributed by atoms with Crippen LogP contribution in [0.5, 0.6) is 0 Å². The number of hydrogen-bond donors (Lipinski definition) is 1. The number of carboxylic acids is 1. The number of anilines is 1. The third kappa shape index (κ3) is 3.42. The number of carboxylic acid groups (broad SMARTS) is 1. The molecule has 0 aliphatic heterocycles. The van der Waals surface area contributed by atoms with Gasteiger partial charge >= 0.3 is 5.97 Å². The fourth-order valence-electron chi connectivity index (χ4n) is 1.50. The summed E-state index contributed by atoms with van der Waals surface area (Å²) in [6.07, 6.45) is 0. The molecule has 0 bridgehead atoms. The summed E-state index contributed by atoms with van der Waals surface area (Å²) in [6.45, 7) is 4.95. The zero-order chi connectivity index (χ0) is 12.1. The first-order valence-corrected chi connectivity index (χ1v) is 5.65. The molecule has 3 nitrogen and oxygen atoms in total. The second-order valence-corrected chi connectivity index (χ2v) is 4.19. The van der Waals surface area contributed by atoms with E-state index in [0.717, 1.165) is 12.2 Å². The Balaban J connectivity index is 2.78. The number of halogens is 1. The van der Waals surface area contributed by atoms with Gasteiger partial charge in [0.25, 0.3) is 0 Å². The molecule has 1 rings (SSSR count). The molecule has 1 unspecified atom stereocenters. The Bertz CT molecular complexity index is 368. The minimum Gasteiger partial charge on any atom is -0.481 e. The molecule has 4 heteroatoms. The Morgan fingerprint density at radius 1 is 1.56 bits per heavy atom. The largest absolute Gasteiger partial charge is 0.481 e. The van der Waals surface area contributed by atoms with E-state index in [1.807, 2.05) is 30.0 Å². The number of aliphatic carboxylic acids is 1. The van der Waals surface area contributed by atoms with Crippen molar-refractivity contribution in [1.82, 2.24) is 0 Å². The molecule has 88 valence electrons. The van der Waals surface area contributed by atoms with Crippen molar-refractivity contribution in [3.05, 3.63) is 29.3 Å². The van der Waals surface area contributed by atoms with Crippen molar-refractivity contribution in [2.45, 2.75) is 13.8 Å². The highest BCUT2D eigenvalue weighted by molar-refractivity contribution is 6.30. The molecule has 16 heavy (non-hydrogen) atoms. The van der Waals surface area contributed by atoms with Gasteiger partial charge in [0.1, 0.15) is 0 Å². The summed E-state index contributed by atoms with van der Waals surface area (Å²) in [5, 5.41) is 9.54. The molecular formula is C12H16ClNO2. The first-order valence-electron chi connectivity index (χ1n) is 5.28. The van der Waals surface area contributed by atoms with Crippen LogP contribution in [-0.2, 0) is 4.79 Å². The number of nitrogens with zero attached hydrogens (tertiary/aromatic N) is 1. The highest BCUT2D eigenvalue weighted by atomic mass is 35.5. The van der Waals surface area contributed by atoms with E-state index in [0.29, 0.717) is 11.6 Å². The van der Waals surface area contributed by atoms with Gasteiger partial charge in [-0.05, 0) is 25.1 Å². The molecular weight excluding hydrogens is 226 g/mol. The van der Waals surface area contributed by atoms with Crippen molar-refractivity contribution in [3.63, 3.8) is 0 Å². The number of benzene rings is 1. The monoisotopic (exact) mass is 241 g/mol. The van der Waals surface area contributed by atoms with E-state index in [4.69, 9.17) is 16.7 Å². The zero-order valence-electron chi connectivity index (χ0n) is 9.48. The van der Waals surface area contributed by atoms with E-state index in [-0.39, 0.29) is 5.92 Å². The second kappa shape index (κ2) is 5.75. The maximum atomic E-state index is 10.8. The maximum absolute atomic E-state index is 10.8. The van der Waals surface area contributed by atoms with E-state index >= 15 is 0 Å². The van der Waals surface area contributed by atoms with Gasteiger partial charge in [0.05, 0.1) is 5.92 Å². The van der Waals surface area contributed by atoms with Crippen molar-refractivity contribution in [2.24, 2.45) is 5.92 Å². The molecule has 1 atom stereocenters. The van der Waals surface area contributed by atoms with Gasteiger partial charge in [-0.25, -0.2) is 0 Å². The Labute approximate surface area is 101 Å². The smallest absolute Gasteiger partial charge is 0.308 e. The number of hydrogen-bond acceptors (Lipinski definition) is 2. The van der Waals surface area contributed by atoms with Crippen LogP contribution in [0.15, 0.2) is 24.3 Å². The average molecular weight is 242 g/mol. The highest BCUT2D eigenvalue weighted by Gasteiger charge is 2.15. The Kier molecular flexibility index (Phi) is 4.62. The molecule has 1 aromatic rings. The van der Waals surface area contributed by atoms with Crippen LogP contribution in [0.2, 0.25) is 5.02 Å². The van der Waals surface area contributed by atoms with Gasteiger partial charge in [0.15, 0.2) is 0 Å². The Morgan fingerprint density at radius 3 is 2.75 bits per heavy atom. The first-order chi connectivity index (χ1) is 7.54. The standard InChI is InChI=1S/C12H16ClNO2/c1-3-14(8-9(2)12(15)16)11-6-4-5-10(13)7-11/h4-7,9H,3,8H2,1-2H3,(H,15,16). The van der Waals surface area contributed by atoms with Crippen LogP contribution < -0.4 is 4.90 Å². The van der Waals surface area contributed by atoms with Crippen LogP contribution in [0.25, 0.3) is 0 Å². The van der Waals surface area contributed by atoms with Crippen molar-refractivity contribution in [2.75, 3.05) is 18.0 Å². The lowest BCUT2D eigenvalue weighted by Crippen LogP contribution is -2.31.